The number of piperazine rings is 1. The molecule has 0 unspecified atom stereocenters. The maximum Gasteiger partial charge on any atom is 0.194 e. The number of benzene rings is 1. The van der Waals surface area contributed by atoms with E-state index in [2.05, 4.69) is 78.5 Å². The molecule has 6 heteroatoms. The first-order chi connectivity index (χ1) is 12.0. The molecule has 1 heterocycles. The molecular formula is C20H36IN5. The van der Waals surface area contributed by atoms with Gasteiger partial charge in [0, 0.05) is 51.4 Å². The summed E-state index contributed by atoms with van der Waals surface area (Å²) in [6.07, 6.45) is 0. The van der Waals surface area contributed by atoms with Crippen molar-refractivity contribution < 1.29 is 0 Å². The van der Waals surface area contributed by atoms with Gasteiger partial charge in [0.05, 0.1) is 6.54 Å². The van der Waals surface area contributed by atoms with E-state index < -0.39 is 0 Å². The lowest BCUT2D eigenvalue weighted by Crippen LogP contribution is -2.52. The van der Waals surface area contributed by atoms with E-state index in [-0.39, 0.29) is 29.5 Å². The largest absolute Gasteiger partial charge is 0.357 e. The van der Waals surface area contributed by atoms with Gasteiger partial charge in [0.1, 0.15) is 0 Å². The number of aliphatic imine (C=N–C) groups is 1. The molecule has 0 bridgehead atoms. The van der Waals surface area contributed by atoms with Crippen molar-refractivity contribution >= 4 is 29.9 Å². The molecule has 5 nitrogen and oxygen atoms in total. The zero-order valence-electron chi connectivity index (χ0n) is 16.8. The van der Waals surface area contributed by atoms with Gasteiger partial charge < -0.3 is 15.5 Å². The average Bonchev–Trinajstić information content (AvgIpc) is 2.58. The van der Waals surface area contributed by atoms with Gasteiger partial charge in [-0.25, -0.2) is 0 Å². The first-order valence-corrected chi connectivity index (χ1v) is 9.52. The Labute approximate surface area is 176 Å². The molecule has 1 aromatic rings. The lowest BCUT2D eigenvalue weighted by atomic mass is 10.1. The zero-order valence-corrected chi connectivity index (χ0v) is 19.1. The average molecular weight is 473 g/mol. The first-order valence-electron chi connectivity index (χ1n) is 9.52. The van der Waals surface area contributed by atoms with Gasteiger partial charge in [-0.05, 0) is 33.3 Å². The molecule has 1 aliphatic heterocycles. The normalized spacial score (nSPS) is 16.3. The molecule has 0 aliphatic carbocycles. The molecule has 1 saturated heterocycles. The highest BCUT2D eigenvalue weighted by Gasteiger charge is 2.19. The number of hydrogen-bond donors (Lipinski definition) is 2. The summed E-state index contributed by atoms with van der Waals surface area (Å²) in [6, 6.07) is 10.7. The van der Waals surface area contributed by atoms with Gasteiger partial charge in [-0.3, -0.25) is 9.89 Å². The monoisotopic (exact) mass is 473 g/mol. The third-order valence-electron chi connectivity index (χ3n) is 4.28. The SMILES string of the molecule is CCNC(=NCCNC(C)(C)C)N1CCN(Cc2ccccc2)CC1.I. The molecule has 0 atom stereocenters. The molecule has 26 heavy (non-hydrogen) atoms. The van der Waals surface area contributed by atoms with Crippen LogP contribution in [-0.4, -0.2) is 67.1 Å². The molecule has 0 saturated carbocycles. The Kier molecular flexibility index (Phi) is 10.5. The van der Waals surface area contributed by atoms with Crippen LogP contribution in [0.3, 0.4) is 0 Å². The van der Waals surface area contributed by atoms with E-state index in [0.29, 0.717) is 0 Å². The van der Waals surface area contributed by atoms with Gasteiger partial charge in [-0.1, -0.05) is 30.3 Å². The molecule has 1 fully saturated rings. The van der Waals surface area contributed by atoms with Crippen LogP contribution in [0.25, 0.3) is 0 Å². The molecule has 1 aromatic carbocycles. The van der Waals surface area contributed by atoms with Crippen LogP contribution < -0.4 is 10.6 Å². The van der Waals surface area contributed by atoms with E-state index >= 15 is 0 Å². The summed E-state index contributed by atoms with van der Waals surface area (Å²) in [5.74, 6) is 1.05. The Hall–Kier alpha value is -0.860. The molecule has 148 valence electrons. The van der Waals surface area contributed by atoms with E-state index in [1.165, 1.54) is 5.56 Å². The lowest BCUT2D eigenvalue weighted by molar-refractivity contribution is 0.172. The van der Waals surface area contributed by atoms with Gasteiger partial charge in [0.2, 0.25) is 0 Å². The van der Waals surface area contributed by atoms with Crippen LogP contribution in [0.4, 0.5) is 0 Å². The number of nitrogens with zero attached hydrogens (tertiary/aromatic N) is 3. The second-order valence-electron chi connectivity index (χ2n) is 7.66. The number of hydrogen-bond acceptors (Lipinski definition) is 3. The maximum atomic E-state index is 4.80. The quantitative estimate of drug-likeness (QED) is 0.289. The second kappa shape index (κ2) is 11.8. The van der Waals surface area contributed by atoms with Crippen molar-refractivity contribution in [2.24, 2.45) is 4.99 Å². The van der Waals surface area contributed by atoms with Gasteiger partial charge in [0.25, 0.3) is 0 Å². The summed E-state index contributed by atoms with van der Waals surface area (Å²) in [4.78, 5) is 9.71. The van der Waals surface area contributed by atoms with Crippen LogP contribution in [0.15, 0.2) is 35.3 Å². The standard InChI is InChI=1S/C20H35N5.HI/c1-5-21-19(22-11-12-23-20(2,3)4)25-15-13-24(14-16-25)17-18-9-7-6-8-10-18;/h6-10,23H,5,11-17H2,1-4H3,(H,21,22);1H. The predicted molar refractivity (Wildman–Crippen MR) is 122 cm³/mol. The lowest BCUT2D eigenvalue weighted by Gasteiger charge is -2.36. The highest BCUT2D eigenvalue weighted by atomic mass is 127. The van der Waals surface area contributed by atoms with Gasteiger partial charge in [0.15, 0.2) is 5.96 Å². The Morgan fingerprint density at radius 1 is 1.08 bits per heavy atom. The molecule has 0 spiro atoms. The summed E-state index contributed by atoms with van der Waals surface area (Å²) in [6.45, 7) is 16.6. The number of halogens is 1. The van der Waals surface area contributed by atoms with Gasteiger partial charge >= 0.3 is 0 Å². The fraction of sp³-hybridized carbons (Fsp3) is 0.650. The molecule has 0 aromatic heterocycles. The smallest absolute Gasteiger partial charge is 0.194 e. The van der Waals surface area contributed by atoms with Gasteiger partial charge in [-0.15, -0.1) is 24.0 Å². The van der Waals surface area contributed by atoms with Crippen molar-refractivity contribution in [1.29, 1.82) is 0 Å². The second-order valence-corrected chi connectivity index (χ2v) is 7.66. The summed E-state index contributed by atoms with van der Waals surface area (Å²) in [5.41, 5.74) is 1.54. The van der Waals surface area contributed by atoms with E-state index in [9.17, 15) is 0 Å². The predicted octanol–water partition coefficient (Wildman–Crippen LogP) is 2.78. The van der Waals surface area contributed by atoms with Crippen molar-refractivity contribution in [1.82, 2.24) is 20.4 Å². The molecule has 1 aliphatic rings. The topological polar surface area (TPSA) is 42.9 Å². The Balaban J connectivity index is 0.00000338. The number of nitrogens with one attached hydrogen (secondary N) is 2. The number of guanidine groups is 1. The van der Waals surface area contributed by atoms with Crippen LogP contribution in [0.1, 0.15) is 33.3 Å². The van der Waals surface area contributed by atoms with Crippen LogP contribution >= 0.6 is 24.0 Å². The van der Waals surface area contributed by atoms with Crippen LogP contribution in [0, 0.1) is 0 Å². The van der Waals surface area contributed by atoms with Crippen molar-refractivity contribution in [2.75, 3.05) is 45.8 Å². The van der Waals surface area contributed by atoms with Gasteiger partial charge in [-0.2, -0.15) is 0 Å². The minimum Gasteiger partial charge on any atom is -0.357 e. The summed E-state index contributed by atoms with van der Waals surface area (Å²) in [5, 5.41) is 6.94. The van der Waals surface area contributed by atoms with Crippen molar-refractivity contribution in [3.8, 4) is 0 Å². The van der Waals surface area contributed by atoms with E-state index in [1.54, 1.807) is 0 Å². The van der Waals surface area contributed by atoms with E-state index in [4.69, 9.17) is 4.99 Å². The molecule has 2 rings (SSSR count). The van der Waals surface area contributed by atoms with E-state index in [0.717, 1.165) is 58.3 Å². The van der Waals surface area contributed by atoms with Crippen LogP contribution in [-0.2, 0) is 6.54 Å². The third-order valence-corrected chi connectivity index (χ3v) is 4.28. The van der Waals surface area contributed by atoms with Crippen LogP contribution in [0.2, 0.25) is 0 Å². The highest BCUT2D eigenvalue weighted by Crippen LogP contribution is 2.08. The fourth-order valence-corrected chi connectivity index (χ4v) is 2.98. The first kappa shape index (κ1) is 23.2. The number of rotatable bonds is 6. The van der Waals surface area contributed by atoms with Crippen molar-refractivity contribution in [2.45, 2.75) is 39.8 Å². The Bertz CT molecular complexity index is 519. The van der Waals surface area contributed by atoms with Crippen molar-refractivity contribution in [3.63, 3.8) is 0 Å². The van der Waals surface area contributed by atoms with Crippen LogP contribution in [0.5, 0.6) is 0 Å². The third kappa shape index (κ3) is 8.68. The maximum absolute atomic E-state index is 4.80. The summed E-state index contributed by atoms with van der Waals surface area (Å²) < 4.78 is 0. The molecule has 0 amide bonds. The molecular weight excluding hydrogens is 437 g/mol. The zero-order chi connectivity index (χ0) is 18.1. The summed E-state index contributed by atoms with van der Waals surface area (Å²) >= 11 is 0. The minimum atomic E-state index is 0. The fourth-order valence-electron chi connectivity index (χ4n) is 2.98. The van der Waals surface area contributed by atoms with E-state index in [1.807, 2.05) is 0 Å². The molecule has 0 radical (unpaired) electrons. The Morgan fingerprint density at radius 2 is 1.73 bits per heavy atom. The summed E-state index contributed by atoms with van der Waals surface area (Å²) in [7, 11) is 0. The molecule has 2 N–H and O–H groups in total. The van der Waals surface area contributed by atoms with Crippen molar-refractivity contribution in [3.05, 3.63) is 35.9 Å². The highest BCUT2D eigenvalue weighted by molar-refractivity contribution is 14.0. The minimum absolute atomic E-state index is 0. The Morgan fingerprint density at radius 3 is 2.31 bits per heavy atom.